The number of phosphoric ester groups is 1. The van der Waals surface area contributed by atoms with E-state index in [1.54, 1.807) is 0 Å². The molecule has 1 aromatic heterocycles. The molecule has 1 saturated heterocycles. The average molecular weight is 432 g/mol. The summed E-state index contributed by atoms with van der Waals surface area (Å²) in [5.41, 5.74) is -1.45. The molecular formula is C11H18N2O10P2S. The van der Waals surface area contributed by atoms with E-state index in [-0.39, 0.29) is 0 Å². The Morgan fingerprint density at radius 1 is 1.35 bits per heavy atom. The van der Waals surface area contributed by atoms with Crippen LogP contribution in [0.2, 0.25) is 0 Å². The molecule has 15 heteroatoms. The van der Waals surface area contributed by atoms with Crippen molar-refractivity contribution in [3.8, 4) is 0 Å². The van der Waals surface area contributed by atoms with Gasteiger partial charge in [-0.2, -0.15) is 0 Å². The third-order valence-electron chi connectivity index (χ3n) is 3.41. The second-order valence-electron chi connectivity index (χ2n) is 5.44. The minimum Gasteiger partial charge on any atom is -0.376 e. The van der Waals surface area contributed by atoms with Crippen LogP contribution in [0.4, 0.5) is 0 Å². The van der Waals surface area contributed by atoms with Crippen molar-refractivity contribution in [1.82, 2.24) is 9.55 Å². The number of nitrogens with zero attached hydrogens (tertiary/aromatic N) is 1. The molecule has 1 aliphatic rings. The van der Waals surface area contributed by atoms with Gasteiger partial charge in [-0.25, -0.2) is 9.36 Å². The number of aromatic amines is 1. The van der Waals surface area contributed by atoms with Gasteiger partial charge in [-0.3, -0.25) is 18.9 Å². The van der Waals surface area contributed by atoms with Gasteiger partial charge >= 0.3 is 13.5 Å². The van der Waals surface area contributed by atoms with Crippen molar-refractivity contribution in [3.63, 3.8) is 0 Å². The summed E-state index contributed by atoms with van der Waals surface area (Å²) in [7, 11) is -3.50. The normalized spacial score (nSPS) is 28.8. The summed E-state index contributed by atoms with van der Waals surface area (Å²) in [5.74, 6) is 0. The van der Waals surface area contributed by atoms with Crippen molar-refractivity contribution in [1.29, 1.82) is 0 Å². The topological polar surface area (TPSA) is 170 Å². The Kier molecular flexibility index (Phi) is 6.73. The summed E-state index contributed by atoms with van der Waals surface area (Å²) < 4.78 is 32.7. The molecule has 2 rings (SSSR count). The molecule has 0 aromatic carbocycles. The van der Waals surface area contributed by atoms with Crippen molar-refractivity contribution in [2.75, 3.05) is 20.4 Å². The van der Waals surface area contributed by atoms with Crippen LogP contribution in [0.25, 0.3) is 0 Å². The van der Waals surface area contributed by atoms with Crippen molar-refractivity contribution in [2.45, 2.75) is 24.5 Å². The SMILES string of the molecule is CO[C@H]1[C@@H](OP(C)(O)=S)[C@H](n2ccc(=O)[nH]c2=O)O[C@@H]1COP(=O)(O)O. The first-order chi connectivity index (χ1) is 11.9. The van der Waals surface area contributed by atoms with Crippen LogP contribution in [0.15, 0.2) is 21.9 Å². The maximum Gasteiger partial charge on any atom is 0.469 e. The molecular weight excluding hydrogens is 414 g/mol. The van der Waals surface area contributed by atoms with E-state index < -0.39 is 56.7 Å². The first-order valence-electron chi connectivity index (χ1n) is 7.10. The number of hydrogen-bond acceptors (Lipinski definition) is 8. The molecule has 12 nitrogen and oxygen atoms in total. The van der Waals surface area contributed by atoms with Gasteiger partial charge in [-0.15, -0.1) is 0 Å². The number of phosphoric acid groups is 1. The van der Waals surface area contributed by atoms with E-state index in [4.69, 9.17) is 35.6 Å². The monoisotopic (exact) mass is 432 g/mol. The van der Waals surface area contributed by atoms with Crippen LogP contribution in [0.1, 0.15) is 6.23 Å². The maximum atomic E-state index is 12.1. The fourth-order valence-electron chi connectivity index (χ4n) is 2.49. The van der Waals surface area contributed by atoms with Gasteiger partial charge in [-0.05, 0) is 11.8 Å². The summed E-state index contributed by atoms with van der Waals surface area (Å²) in [6.07, 6.45) is -3.17. The molecule has 0 spiro atoms. The summed E-state index contributed by atoms with van der Waals surface area (Å²) in [4.78, 5) is 53.0. The molecule has 0 amide bonds. The lowest BCUT2D eigenvalue weighted by molar-refractivity contribution is -0.0547. The van der Waals surface area contributed by atoms with Crippen LogP contribution < -0.4 is 11.2 Å². The van der Waals surface area contributed by atoms with Crippen LogP contribution in [-0.4, -0.2) is 62.9 Å². The molecule has 26 heavy (non-hydrogen) atoms. The van der Waals surface area contributed by atoms with Crippen LogP contribution in [0.5, 0.6) is 0 Å². The minimum absolute atomic E-state index is 0.574. The van der Waals surface area contributed by atoms with Crippen LogP contribution in [-0.2, 0) is 34.9 Å². The van der Waals surface area contributed by atoms with Gasteiger partial charge in [0, 0.05) is 26.0 Å². The van der Waals surface area contributed by atoms with E-state index >= 15 is 0 Å². The van der Waals surface area contributed by atoms with Gasteiger partial charge in [0.05, 0.1) is 6.61 Å². The Bertz CT molecular complexity index is 844. The highest BCUT2D eigenvalue weighted by molar-refractivity contribution is 8.09. The van der Waals surface area contributed by atoms with Gasteiger partial charge < -0.3 is 28.7 Å². The lowest BCUT2D eigenvalue weighted by Crippen LogP contribution is -2.39. The molecule has 0 saturated carbocycles. The predicted octanol–water partition coefficient (Wildman–Crippen LogP) is -1.12. The Labute approximate surface area is 152 Å². The zero-order valence-electron chi connectivity index (χ0n) is 13.6. The molecule has 1 aromatic rings. The second kappa shape index (κ2) is 8.11. The lowest BCUT2D eigenvalue weighted by atomic mass is 10.1. The van der Waals surface area contributed by atoms with E-state index in [1.807, 2.05) is 4.98 Å². The number of H-pyrrole nitrogens is 1. The highest BCUT2D eigenvalue weighted by Gasteiger charge is 2.49. The highest BCUT2D eigenvalue weighted by Crippen LogP contribution is 2.46. The van der Waals surface area contributed by atoms with E-state index in [0.29, 0.717) is 0 Å². The largest absolute Gasteiger partial charge is 0.469 e. The average Bonchev–Trinajstić information content (AvgIpc) is 2.80. The van der Waals surface area contributed by atoms with E-state index in [1.165, 1.54) is 13.8 Å². The fourth-order valence-corrected chi connectivity index (χ4v) is 3.80. The summed E-state index contributed by atoms with van der Waals surface area (Å²) in [5, 5.41) is 0. The number of rotatable bonds is 7. The summed E-state index contributed by atoms with van der Waals surface area (Å²) in [6.45, 7) is -2.53. The molecule has 1 unspecified atom stereocenters. The number of aromatic nitrogens is 2. The molecule has 0 radical (unpaired) electrons. The van der Waals surface area contributed by atoms with Gasteiger partial charge in [0.25, 0.3) is 5.56 Å². The molecule has 0 bridgehead atoms. The number of methoxy groups -OCH3 is 1. The third-order valence-corrected chi connectivity index (χ3v) is 4.79. The zero-order valence-corrected chi connectivity index (χ0v) is 16.2. The van der Waals surface area contributed by atoms with Crippen LogP contribution >= 0.6 is 14.3 Å². The van der Waals surface area contributed by atoms with Crippen molar-refractivity contribution in [2.24, 2.45) is 0 Å². The first kappa shape index (κ1) is 21.6. The van der Waals surface area contributed by atoms with Crippen molar-refractivity contribution >= 4 is 26.1 Å². The second-order valence-corrected chi connectivity index (χ2v) is 10.5. The Balaban J connectivity index is 2.39. The van der Waals surface area contributed by atoms with Crippen molar-refractivity contribution in [3.05, 3.63) is 33.1 Å². The molecule has 1 aliphatic heterocycles. The Hall–Kier alpha value is -0.720. The number of hydrogen-bond donors (Lipinski definition) is 4. The molecule has 4 N–H and O–H groups in total. The maximum absolute atomic E-state index is 12.1. The summed E-state index contributed by atoms with van der Waals surface area (Å²) in [6, 6.07) is 1.07. The zero-order chi connectivity index (χ0) is 19.7. The highest BCUT2D eigenvalue weighted by atomic mass is 32.5. The van der Waals surface area contributed by atoms with Gasteiger partial charge in [-0.1, -0.05) is 0 Å². The number of nitrogens with one attached hydrogen (secondary N) is 1. The predicted molar refractivity (Wildman–Crippen MR) is 91.3 cm³/mol. The molecule has 148 valence electrons. The standard InChI is InChI=1S/C11H18N2O10P2S/c1-20-8-6(5-21-25(17,18)19)22-10(9(8)23-24(2,16)26)13-4-3-7(14)12-11(13)15/h3-4,6,8-10H,5H2,1-2H3,(H,16,26)(H,12,14,15)(H2,17,18,19)/t6-,8-,9-,10-,24?/m1/s1. The quantitative estimate of drug-likeness (QED) is 0.385. The van der Waals surface area contributed by atoms with E-state index in [2.05, 4.69) is 4.52 Å². The molecule has 5 atom stereocenters. The van der Waals surface area contributed by atoms with E-state index in [0.717, 1.165) is 16.8 Å². The van der Waals surface area contributed by atoms with Crippen LogP contribution in [0.3, 0.4) is 0 Å². The van der Waals surface area contributed by atoms with Gasteiger partial charge in [0.1, 0.15) is 18.3 Å². The van der Waals surface area contributed by atoms with Crippen molar-refractivity contribution < 1.29 is 37.8 Å². The molecule has 1 fully saturated rings. The Morgan fingerprint density at radius 3 is 2.50 bits per heavy atom. The third kappa shape index (κ3) is 5.64. The smallest absolute Gasteiger partial charge is 0.376 e. The lowest BCUT2D eigenvalue weighted by Gasteiger charge is -2.26. The molecule has 2 heterocycles. The first-order valence-corrected chi connectivity index (χ1v) is 11.7. The summed E-state index contributed by atoms with van der Waals surface area (Å²) >= 11 is 4.87. The Morgan fingerprint density at radius 2 is 2.00 bits per heavy atom. The van der Waals surface area contributed by atoms with Gasteiger partial charge in [0.2, 0.25) is 0 Å². The van der Waals surface area contributed by atoms with E-state index in [9.17, 15) is 19.0 Å². The van der Waals surface area contributed by atoms with Crippen LogP contribution in [0, 0.1) is 0 Å². The minimum atomic E-state index is -4.78. The van der Waals surface area contributed by atoms with Gasteiger partial charge in [0.15, 0.2) is 12.7 Å². The molecule has 0 aliphatic carbocycles. The fraction of sp³-hybridized carbons (Fsp3) is 0.636. The number of ether oxygens (including phenoxy) is 2.